The summed E-state index contributed by atoms with van der Waals surface area (Å²) in [6.07, 6.45) is 0.147. The number of esters is 1. The Morgan fingerprint density at radius 1 is 1.62 bits per heavy atom. The second-order valence-electron chi connectivity index (χ2n) is 6.73. The summed E-state index contributed by atoms with van der Waals surface area (Å²) in [5, 5.41) is 10.6. The van der Waals surface area contributed by atoms with Crippen molar-refractivity contribution in [3.05, 3.63) is 12.7 Å². The Morgan fingerprint density at radius 2 is 2.24 bits per heavy atom. The van der Waals surface area contributed by atoms with Crippen LogP contribution in [0.25, 0.3) is 0 Å². The van der Waals surface area contributed by atoms with Crippen LogP contribution in [0, 0.1) is 11.3 Å². The summed E-state index contributed by atoms with van der Waals surface area (Å²) in [5.41, 5.74) is -1.83. The Morgan fingerprint density at radius 3 is 2.71 bits per heavy atom. The number of hydrogen-bond donors (Lipinski definition) is 1. The zero-order chi connectivity index (χ0) is 16.0. The molecule has 0 radical (unpaired) electrons. The van der Waals surface area contributed by atoms with Gasteiger partial charge >= 0.3 is 5.97 Å². The smallest absolute Gasteiger partial charge is 0.337 e. The van der Waals surface area contributed by atoms with Crippen LogP contribution < -0.4 is 0 Å². The minimum Gasteiger partial charge on any atom is -0.467 e. The molecule has 1 amide bonds. The fourth-order valence-electron chi connectivity index (χ4n) is 3.25. The number of aliphatic hydroxyl groups is 1. The molecule has 0 aliphatic carbocycles. The highest BCUT2D eigenvalue weighted by atomic mass is 16.6. The molecule has 2 saturated heterocycles. The average Bonchev–Trinajstić information content (AvgIpc) is 2.90. The van der Waals surface area contributed by atoms with Crippen molar-refractivity contribution in [3.8, 4) is 0 Å². The third kappa shape index (κ3) is 2.08. The molecular formula is C15H23NO5. The number of methoxy groups -OCH3 is 1. The van der Waals surface area contributed by atoms with Crippen LogP contribution in [-0.2, 0) is 19.1 Å². The lowest BCUT2D eigenvalue weighted by Crippen LogP contribution is -2.59. The number of carbonyl (C=O) groups excluding carboxylic acids is 2. The zero-order valence-electron chi connectivity index (χ0n) is 13.0. The van der Waals surface area contributed by atoms with Crippen molar-refractivity contribution >= 4 is 11.9 Å². The normalized spacial score (nSPS) is 35.8. The van der Waals surface area contributed by atoms with Crippen molar-refractivity contribution in [2.45, 2.75) is 45.1 Å². The van der Waals surface area contributed by atoms with Crippen molar-refractivity contribution in [1.29, 1.82) is 0 Å². The second-order valence-corrected chi connectivity index (χ2v) is 6.73. The number of carbonyl (C=O) groups is 2. The molecule has 0 aromatic heterocycles. The van der Waals surface area contributed by atoms with Crippen LogP contribution in [0.2, 0.25) is 0 Å². The first kappa shape index (κ1) is 16.0. The van der Waals surface area contributed by atoms with E-state index in [1.165, 1.54) is 12.0 Å². The molecule has 0 saturated carbocycles. The summed E-state index contributed by atoms with van der Waals surface area (Å²) in [7, 11) is 1.25. The number of rotatable bonds is 3. The zero-order valence-corrected chi connectivity index (χ0v) is 13.0. The van der Waals surface area contributed by atoms with E-state index in [1.807, 2.05) is 20.8 Å². The second kappa shape index (κ2) is 5.10. The lowest BCUT2D eigenvalue weighted by molar-refractivity contribution is -0.161. The molecule has 2 fully saturated rings. The highest BCUT2D eigenvalue weighted by Gasteiger charge is 2.69. The van der Waals surface area contributed by atoms with Gasteiger partial charge in [0.25, 0.3) is 0 Å². The van der Waals surface area contributed by atoms with E-state index in [1.54, 1.807) is 6.08 Å². The van der Waals surface area contributed by atoms with Gasteiger partial charge in [0.2, 0.25) is 5.91 Å². The van der Waals surface area contributed by atoms with Crippen LogP contribution >= 0.6 is 0 Å². The van der Waals surface area contributed by atoms with Gasteiger partial charge in [0.15, 0.2) is 5.54 Å². The summed E-state index contributed by atoms with van der Waals surface area (Å²) in [6, 6.07) is 0. The maximum absolute atomic E-state index is 12.7. The van der Waals surface area contributed by atoms with Crippen LogP contribution in [0.5, 0.6) is 0 Å². The third-order valence-electron chi connectivity index (χ3n) is 4.25. The van der Waals surface area contributed by atoms with Crippen molar-refractivity contribution in [1.82, 2.24) is 4.90 Å². The maximum atomic E-state index is 12.7. The van der Waals surface area contributed by atoms with Crippen molar-refractivity contribution in [2.75, 3.05) is 13.7 Å². The first-order valence-corrected chi connectivity index (χ1v) is 7.04. The molecule has 118 valence electrons. The predicted octanol–water partition coefficient (Wildman–Crippen LogP) is 0.696. The van der Waals surface area contributed by atoms with Crippen molar-refractivity contribution < 1.29 is 24.2 Å². The molecule has 0 unspecified atom stereocenters. The van der Waals surface area contributed by atoms with Crippen LogP contribution in [-0.4, -0.2) is 53.5 Å². The van der Waals surface area contributed by atoms with Gasteiger partial charge in [0, 0.05) is 5.41 Å². The van der Waals surface area contributed by atoms with Gasteiger partial charge in [0.1, 0.15) is 12.3 Å². The minimum absolute atomic E-state index is 0.0534. The number of hydrogen-bond acceptors (Lipinski definition) is 5. The Labute approximate surface area is 124 Å². The molecule has 1 N–H and O–H groups in total. The topological polar surface area (TPSA) is 76.1 Å². The van der Waals surface area contributed by atoms with E-state index in [2.05, 4.69) is 6.58 Å². The fraction of sp³-hybridized carbons (Fsp3) is 0.733. The highest BCUT2D eigenvalue weighted by Crippen LogP contribution is 2.47. The molecule has 2 rings (SSSR count). The quantitative estimate of drug-likeness (QED) is 0.613. The van der Waals surface area contributed by atoms with Gasteiger partial charge in [-0.05, 0) is 6.42 Å². The van der Waals surface area contributed by atoms with Gasteiger partial charge in [-0.15, -0.1) is 6.58 Å². The van der Waals surface area contributed by atoms with Crippen LogP contribution in [0.1, 0.15) is 27.2 Å². The molecule has 0 aromatic carbocycles. The van der Waals surface area contributed by atoms with E-state index >= 15 is 0 Å². The molecule has 0 bridgehead atoms. The average molecular weight is 297 g/mol. The molecular weight excluding hydrogens is 274 g/mol. The first-order valence-electron chi connectivity index (χ1n) is 7.04. The van der Waals surface area contributed by atoms with E-state index in [-0.39, 0.29) is 17.9 Å². The van der Waals surface area contributed by atoms with Gasteiger partial charge < -0.3 is 14.6 Å². The van der Waals surface area contributed by atoms with E-state index in [4.69, 9.17) is 9.47 Å². The van der Waals surface area contributed by atoms with Gasteiger partial charge in [-0.2, -0.15) is 0 Å². The van der Waals surface area contributed by atoms with Gasteiger partial charge in [-0.25, -0.2) is 4.79 Å². The lowest BCUT2D eigenvalue weighted by Gasteiger charge is -2.36. The SMILES string of the molecule is C=CC[C@H]1C(=O)N2[C@@H](C(C)(C)C)OC[C@]2(C(=O)OC)[C@H]1O. The molecule has 2 heterocycles. The number of allylic oxidation sites excluding steroid dienone is 1. The molecule has 6 nitrogen and oxygen atoms in total. The van der Waals surface area contributed by atoms with E-state index in [9.17, 15) is 14.7 Å². The summed E-state index contributed by atoms with van der Waals surface area (Å²) in [5.74, 6) is -1.61. The number of aliphatic hydroxyl groups excluding tert-OH is 1. The van der Waals surface area contributed by atoms with Crippen LogP contribution in [0.15, 0.2) is 12.7 Å². The highest BCUT2D eigenvalue weighted by molar-refractivity contribution is 5.95. The fourth-order valence-corrected chi connectivity index (χ4v) is 3.25. The molecule has 6 heteroatoms. The van der Waals surface area contributed by atoms with Crippen molar-refractivity contribution in [2.24, 2.45) is 11.3 Å². The van der Waals surface area contributed by atoms with E-state index < -0.39 is 29.8 Å². The van der Waals surface area contributed by atoms with Crippen LogP contribution in [0.4, 0.5) is 0 Å². The Balaban J connectivity index is 2.51. The largest absolute Gasteiger partial charge is 0.467 e. The Bertz CT molecular complexity index is 469. The van der Waals surface area contributed by atoms with Crippen molar-refractivity contribution in [3.63, 3.8) is 0 Å². The molecule has 2 aliphatic rings. The number of fused-ring (bicyclic) bond motifs is 1. The number of ether oxygens (including phenoxy) is 2. The van der Waals surface area contributed by atoms with Crippen LogP contribution in [0.3, 0.4) is 0 Å². The van der Waals surface area contributed by atoms with E-state index in [0.717, 1.165) is 0 Å². The lowest BCUT2D eigenvalue weighted by atomic mass is 9.87. The van der Waals surface area contributed by atoms with E-state index in [0.29, 0.717) is 6.42 Å². The first-order chi connectivity index (χ1) is 9.71. The Kier molecular flexibility index (Phi) is 3.88. The maximum Gasteiger partial charge on any atom is 0.337 e. The predicted molar refractivity (Wildman–Crippen MR) is 75.1 cm³/mol. The molecule has 0 spiro atoms. The van der Waals surface area contributed by atoms with Gasteiger partial charge in [0.05, 0.1) is 19.6 Å². The summed E-state index contributed by atoms with van der Waals surface area (Å²) in [6.45, 7) is 9.33. The molecule has 4 atom stereocenters. The minimum atomic E-state index is -1.45. The monoisotopic (exact) mass is 297 g/mol. The number of amides is 1. The third-order valence-corrected chi connectivity index (χ3v) is 4.25. The summed E-state index contributed by atoms with van der Waals surface area (Å²) < 4.78 is 10.5. The number of nitrogens with zero attached hydrogens (tertiary/aromatic N) is 1. The molecule has 2 aliphatic heterocycles. The van der Waals surface area contributed by atoms with Gasteiger partial charge in [-0.3, -0.25) is 9.69 Å². The summed E-state index contributed by atoms with van der Waals surface area (Å²) in [4.78, 5) is 26.4. The standard InChI is InChI=1S/C15H23NO5/c1-6-7-9-10(17)15(13(19)20-5)8-21-12(14(2,3)4)16(15)11(9)18/h6,9-10,12,17H,1,7-8H2,2-5H3/t9-,10+,12-,15-/m1/s1. The van der Waals surface area contributed by atoms with Gasteiger partial charge in [-0.1, -0.05) is 26.8 Å². The Hall–Kier alpha value is -1.40. The molecule has 0 aromatic rings. The summed E-state index contributed by atoms with van der Waals surface area (Å²) >= 11 is 0. The molecule has 21 heavy (non-hydrogen) atoms.